The van der Waals surface area contributed by atoms with Crippen LogP contribution in [-0.2, 0) is 6.61 Å². The normalized spacial score (nSPS) is 11.3. The van der Waals surface area contributed by atoms with Crippen molar-refractivity contribution < 1.29 is 9.53 Å². The van der Waals surface area contributed by atoms with Crippen molar-refractivity contribution in [3.8, 4) is 5.88 Å². The highest BCUT2D eigenvalue weighted by atomic mass is 79.9. The van der Waals surface area contributed by atoms with Crippen LogP contribution in [-0.4, -0.2) is 22.0 Å². The maximum atomic E-state index is 11.8. The maximum Gasteiger partial charge on any atom is 0.295 e. The molecule has 0 aliphatic heterocycles. The van der Waals surface area contributed by atoms with E-state index in [9.17, 15) is 4.79 Å². The summed E-state index contributed by atoms with van der Waals surface area (Å²) >= 11 is 3.27. The molecule has 0 fully saturated rings. The number of nitrogens with zero attached hydrogens (tertiary/aromatic N) is 3. The van der Waals surface area contributed by atoms with Crippen LogP contribution in [0, 0.1) is 6.57 Å². The van der Waals surface area contributed by atoms with Crippen molar-refractivity contribution in [2.75, 3.05) is 0 Å². The second-order valence-corrected chi connectivity index (χ2v) is 5.23. The number of hydrogen-bond acceptors (Lipinski definition) is 4. The molecule has 7 heteroatoms. The Balaban J connectivity index is 1.94. The van der Waals surface area contributed by atoms with Crippen LogP contribution in [0.4, 0.5) is 0 Å². The Labute approximate surface area is 136 Å². The van der Waals surface area contributed by atoms with Crippen molar-refractivity contribution in [2.24, 2.45) is 0 Å². The van der Waals surface area contributed by atoms with Crippen LogP contribution in [0.3, 0.4) is 0 Å². The third-order valence-electron chi connectivity index (χ3n) is 2.67. The average molecular weight is 361 g/mol. The zero-order valence-corrected chi connectivity index (χ0v) is 13.4. The minimum Gasteiger partial charge on any atom is -0.473 e. The fourth-order valence-corrected chi connectivity index (χ4v) is 1.89. The van der Waals surface area contributed by atoms with Gasteiger partial charge in [0.05, 0.1) is 0 Å². The zero-order chi connectivity index (χ0) is 15.9. The van der Waals surface area contributed by atoms with Gasteiger partial charge in [-0.25, -0.2) is 11.6 Å². The molecule has 0 bridgehead atoms. The molecule has 22 heavy (non-hydrogen) atoms. The van der Waals surface area contributed by atoms with Gasteiger partial charge in [0, 0.05) is 24.8 Å². The van der Waals surface area contributed by atoms with Crippen molar-refractivity contribution in [3.63, 3.8) is 0 Å². The molecule has 2 aromatic heterocycles. The number of hydrogen-bond donors (Lipinski definition) is 1. The molecule has 6 nitrogen and oxygen atoms in total. The Kier molecular flexibility index (Phi) is 5.44. The van der Waals surface area contributed by atoms with Gasteiger partial charge in [0.2, 0.25) is 5.88 Å². The van der Waals surface area contributed by atoms with E-state index in [2.05, 4.69) is 36.1 Å². The molecule has 0 saturated carbocycles. The monoisotopic (exact) mass is 360 g/mol. The van der Waals surface area contributed by atoms with Gasteiger partial charge in [-0.1, -0.05) is 12.1 Å². The lowest BCUT2D eigenvalue weighted by Gasteiger charge is -2.06. The first-order chi connectivity index (χ1) is 10.6. The third-order valence-corrected chi connectivity index (χ3v) is 3.11. The van der Waals surface area contributed by atoms with Crippen LogP contribution in [0.15, 0.2) is 41.1 Å². The van der Waals surface area contributed by atoms with E-state index in [1.165, 1.54) is 0 Å². The van der Waals surface area contributed by atoms with Crippen LogP contribution >= 0.6 is 15.9 Å². The first kappa shape index (κ1) is 15.9. The lowest BCUT2D eigenvalue weighted by Crippen LogP contribution is -2.30. The summed E-state index contributed by atoms with van der Waals surface area (Å²) in [4.78, 5) is 23.2. The van der Waals surface area contributed by atoms with Crippen LogP contribution in [0.1, 0.15) is 23.0 Å². The second kappa shape index (κ2) is 7.52. The quantitative estimate of drug-likeness (QED) is 0.657. The summed E-state index contributed by atoms with van der Waals surface area (Å²) in [6.45, 7) is 8.73. The van der Waals surface area contributed by atoms with Crippen LogP contribution in [0.5, 0.6) is 5.88 Å². The standard InChI is InChI=1S/C15H13BrN4O2/c1-10(17-2)19-15(21)12-7-6-11(8-18-12)9-22-14-5-3-4-13(16)20-14/h3-8,10H,9H2,1H3,(H,19,21)/t10-/m0/s1. The van der Waals surface area contributed by atoms with Crippen molar-refractivity contribution in [3.05, 3.63) is 63.8 Å². The molecule has 1 atom stereocenters. The smallest absolute Gasteiger partial charge is 0.295 e. The molecule has 0 aliphatic carbocycles. The number of pyridine rings is 2. The molecule has 2 heterocycles. The highest BCUT2D eigenvalue weighted by Crippen LogP contribution is 2.13. The first-order valence-electron chi connectivity index (χ1n) is 6.46. The van der Waals surface area contributed by atoms with Gasteiger partial charge in [0.25, 0.3) is 12.1 Å². The lowest BCUT2D eigenvalue weighted by atomic mass is 10.2. The number of amides is 1. The predicted octanol–water partition coefficient (Wildman–Crippen LogP) is 2.81. The molecule has 1 N–H and O–H groups in total. The molecule has 0 radical (unpaired) electrons. The third kappa shape index (κ3) is 4.53. The Morgan fingerprint density at radius 3 is 2.91 bits per heavy atom. The van der Waals surface area contributed by atoms with Crippen LogP contribution in [0.25, 0.3) is 4.85 Å². The summed E-state index contributed by atoms with van der Waals surface area (Å²) < 4.78 is 6.23. The molecule has 0 saturated heterocycles. The molecule has 2 rings (SSSR count). The maximum absolute atomic E-state index is 11.8. The largest absolute Gasteiger partial charge is 0.473 e. The number of halogens is 1. The SMILES string of the molecule is [C-]#[N+][C@H](C)NC(=O)c1ccc(COc2cccc(Br)n2)cn1. The number of aromatic nitrogens is 2. The van der Waals surface area contributed by atoms with E-state index in [4.69, 9.17) is 11.3 Å². The molecule has 0 spiro atoms. The minimum atomic E-state index is -0.570. The Bertz CT molecular complexity index is 697. The van der Waals surface area contributed by atoms with E-state index in [1.807, 2.05) is 12.1 Å². The van der Waals surface area contributed by atoms with Gasteiger partial charge in [-0.15, -0.1) is 0 Å². The van der Waals surface area contributed by atoms with E-state index in [-0.39, 0.29) is 11.6 Å². The van der Waals surface area contributed by atoms with Gasteiger partial charge in [-0.2, -0.15) is 0 Å². The Morgan fingerprint density at radius 2 is 2.27 bits per heavy atom. The summed E-state index contributed by atoms with van der Waals surface area (Å²) in [6, 6.07) is 8.75. The predicted molar refractivity (Wildman–Crippen MR) is 84.0 cm³/mol. The Morgan fingerprint density at radius 1 is 1.45 bits per heavy atom. The molecule has 0 aromatic carbocycles. The lowest BCUT2D eigenvalue weighted by molar-refractivity contribution is 0.0941. The number of ether oxygens (including phenoxy) is 1. The summed E-state index contributed by atoms with van der Waals surface area (Å²) in [5.74, 6) is 0.131. The minimum absolute atomic E-state index is 0.264. The van der Waals surface area contributed by atoms with Gasteiger partial charge in [-0.05, 0) is 28.1 Å². The molecule has 1 amide bonds. The number of rotatable bonds is 5. The van der Waals surface area contributed by atoms with Gasteiger partial charge < -0.3 is 4.74 Å². The van der Waals surface area contributed by atoms with E-state index >= 15 is 0 Å². The molecular formula is C15H13BrN4O2. The van der Waals surface area contributed by atoms with Gasteiger partial charge >= 0.3 is 0 Å². The number of carbonyl (C=O) groups excluding carboxylic acids is 1. The average Bonchev–Trinajstić information content (AvgIpc) is 2.53. The Hall–Kier alpha value is -2.46. The first-order valence-corrected chi connectivity index (χ1v) is 7.25. The van der Waals surface area contributed by atoms with E-state index in [0.717, 1.165) is 5.56 Å². The topological polar surface area (TPSA) is 68.5 Å². The van der Waals surface area contributed by atoms with Gasteiger partial charge in [0.1, 0.15) is 16.9 Å². The van der Waals surface area contributed by atoms with Crippen molar-refractivity contribution in [1.29, 1.82) is 0 Å². The summed E-state index contributed by atoms with van der Waals surface area (Å²) in [5, 5.41) is 2.53. The fourth-order valence-electron chi connectivity index (χ4n) is 1.57. The zero-order valence-electron chi connectivity index (χ0n) is 11.8. The number of nitrogens with one attached hydrogen (secondary N) is 1. The molecule has 0 unspecified atom stereocenters. The molecule has 112 valence electrons. The van der Waals surface area contributed by atoms with Crippen molar-refractivity contribution >= 4 is 21.8 Å². The van der Waals surface area contributed by atoms with Gasteiger partial charge in [0.15, 0.2) is 0 Å². The fraction of sp³-hybridized carbons (Fsp3) is 0.200. The van der Waals surface area contributed by atoms with E-state index < -0.39 is 6.17 Å². The highest BCUT2D eigenvalue weighted by Gasteiger charge is 2.12. The van der Waals surface area contributed by atoms with Crippen molar-refractivity contribution in [1.82, 2.24) is 15.3 Å². The van der Waals surface area contributed by atoms with Gasteiger partial charge in [-0.3, -0.25) is 19.9 Å². The highest BCUT2D eigenvalue weighted by molar-refractivity contribution is 9.10. The second-order valence-electron chi connectivity index (χ2n) is 4.42. The van der Waals surface area contributed by atoms with E-state index in [1.54, 1.807) is 31.3 Å². The van der Waals surface area contributed by atoms with Crippen LogP contribution in [0.2, 0.25) is 0 Å². The number of carbonyl (C=O) groups is 1. The van der Waals surface area contributed by atoms with Crippen molar-refractivity contribution in [2.45, 2.75) is 19.7 Å². The molecule has 2 aromatic rings. The summed E-state index contributed by atoms with van der Waals surface area (Å²) in [6.07, 6.45) is 0.995. The molecule has 0 aliphatic rings. The van der Waals surface area contributed by atoms with Crippen LogP contribution < -0.4 is 10.1 Å². The van der Waals surface area contributed by atoms with E-state index in [0.29, 0.717) is 17.1 Å². The summed E-state index contributed by atoms with van der Waals surface area (Å²) in [7, 11) is 0. The summed E-state index contributed by atoms with van der Waals surface area (Å²) in [5.41, 5.74) is 1.08. The molecular weight excluding hydrogens is 348 g/mol.